The molecule has 16 heavy (non-hydrogen) atoms. The van der Waals surface area contributed by atoms with E-state index in [0.717, 1.165) is 25.9 Å². The van der Waals surface area contributed by atoms with Gasteiger partial charge in [0.05, 0.1) is 6.54 Å². The molecule has 0 spiro atoms. The Balaban J connectivity index is 2.06. The molecule has 0 fully saturated rings. The Morgan fingerprint density at radius 2 is 2.00 bits per heavy atom. The number of hydrogen-bond donors (Lipinski definition) is 2. The van der Waals surface area contributed by atoms with Crippen molar-refractivity contribution < 1.29 is 4.79 Å². The molecule has 0 saturated heterocycles. The third-order valence-electron chi connectivity index (χ3n) is 2.34. The first-order valence-corrected chi connectivity index (χ1v) is 5.84. The topological polar surface area (TPSA) is 41.1 Å². The number of carbonyl (C=O) groups is 1. The summed E-state index contributed by atoms with van der Waals surface area (Å²) in [5, 5.41) is 5.88. The van der Waals surface area contributed by atoms with Crippen LogP contribution >= 0.6 is 0 Å². The highest BCUT2D eigenvalue weighted by atomic mass is 16.1. The highest BCUT2D eigenvalue weighted by Gasteiger charge is 1.98. The molecule has 0 unspecified atom stereocenters. The molecule has 0 aliphatic heterocycles. The van der Waals surface area contributed by atoms with E-state index in [9.17, 15) is 4.79 Å². The van der Waals surface area contributed by atoms with Crippen LogP contribution in [0.15, 0.2) is 30.3 Å². The number of rotatable bonds is 7. The van der Waals surface area contributed by atoms with Crippen LogP contribution in [0.3, 0.4) is 0 Å². The second-order valence-corrected chi connectivity index (χ2v) is 3.72. The highest BCUT2D eigenvalue weighted by molar-refractivity contribution is 5.77. The van der Waals surface area contributed by atoms with Gasteiger partial charge in [0.25, 0.3) is 0 Å². The molecule has 1 aromatic carbocycles. The lowest BCUT2D eigenvalue weighted by Crippen LogP contribution is -2.34. The molecule has 0 aliphatic carbocycles. The number of nitrogens with one attached hydrogen (secondary N) is 2. The van der Waals surface area contributed by atoms with E-state index >= 15 is 0 Å². The first kappa shape index (κ1) is 12.7. The summed E-state index contributed by atoms with van der Waals surface area (Å²) in [7, 11) is 0. The highest BCUT2D eigenvalue weighted by Crippen LogP contribution is 2.01. The van der Waals surface area contributed by atoms with E-state index in [1.165, 1.54) is 5.56 Å². The number of aryl methyl sites for hydroxylation is 1. The third kappa shape index (κ3) is 5.51. The Hall–Kier alpha value is -1.35. The monoisotopic (exact) mass is 220 g/mol. The second-order valence-electron chi connectivity index (χ2n) is 3.72. The van der Waals surface area contributed by atoms with Gasteiger partial charge in [-0.15, -0.1) is 0 Å². The van der Waals surface area contributed by atoms with Crippen molar-refractivity contribution in [1.29, 1.82) is 0 Å². The van der Waals surface area contributed by atoms with Crippen molar-refractivity contribution in [3.63, 3.8) is 0 Å². The van der Waals surface area contributed by atoms with E-state index < -0.39 is 0 Å². The number of likely N-dealkylation sites (N-methyl/N-ethyl adjacent to an activating group) is 1. The minimum Gasteiger partial charge on any atom is -0.355 e. The molecule has 1 amide bonds. The van der Waals surface area contributed by atoms with Crippen molar-refractivity contribution in [2.24, 2.45) is 0 Å². The van der Waals surface area contributed by atoms with Crippen LogP contribution in [0.25, 0.3) is 0 Å². The standard InChI is InChI=1S/C13H20N2O/c1-2-14-11-13(16)15-10-6-9-12-7-4-3-5-8-12/h3-5,7-8,14H,2,6,9-11H2,1H3,(H,15,16). The third-order valence-corrected chi connectivity index (χ3v) is 2.34. The zero-order valence-electron chi connectivity index (χ0n) is 9.83. The van der Waals surface area contributed by atoms with E-state index in [2.05, 4.69) is 22.8 Å². The molecule has 0 heterocycles. The number of carbonyl (C=O) groups excluding carboxylic acids is 1. The maximum Gasteiger partial charge on any atom is 0.233 e. The summed E-state index contributed by atoms with van der Waals surface area (Å²) >= 11 is 0. The first-order valence-electron chi connectivity index (χ1n) is 5.84. The average molecular weight is 220 g/mol. The van der Waals surface area contributed by atoms with E-state index in [-0.39, 0.29) is 5.91 Å². The van der Waals surface area contributed by atoms with Crippen LogP contribution in [-0.2, 0) is 11.2 Å². The van der Waals surface area contributed by atoms with Crippen molar-refractivity contribution >= 4 is 5.91 Å². The molecule has 88 valence electrons. The summed E-state index contributed by atoms with van der Waals surface area (Å²) in [5.41, 5.74) is 1.32. The van der Waals surface area contributed by atoms with Gasteiger partial charge in [0, 0.05) is 6.54 Å². The maximum absolute atomic E-state index is 11.2. The van der Waals surface area contributed by atoms with Crippen LogP contribution < -0.4 is 10.6 Å². The van der Waals surface area contributed by atoms with Crippen molar-refractivity contribution in [1.82, 2.24) is 10.6 Å². The molecule has 1 aromatic rings. The summed E-state index contributed by atoms with van der Waals surface area (Å²) < 4.78 is 0. The molecule has 1 rings (SSSR count). The minimum absolute atomic E-state index is 0.0786. The molecule has 3 heteroatoms. The van der Waals surface area contributed by atoms with Gasteiger partial charge in [-0.25, -0.2) is 0 Å². The van der Waals surface area contributed by atoms with Crippen LogP contribution in [0.1, 0.15) is 18.9 Å². The smallest absolute Gasteiger partial charge is 0.233 e. The Labute approximate surface area is 97.2 Å². The van der Waals surface area contributed by atoms with Gasteiger partial charge in [0.15, 0.2) is 0 Å². The number of benzene rings is 1. The summed E-state index contributed by atoms with van der Waals surface area (Å²) in [6, 6.07) is 10.3. The van der Waals surface area contributed by atoms with Gasteiger partial charge >= 0.3 is 0 Å². The average Bonchev–Trinajstić information content (AvgIpc) is 2.33. The van der Waals surface area contributed by atoms with Crippen molar-refractivity contribution in [2.45, 2.75) is 19.8 Å². The van der Waals surface area contributed by atoms with Gasteiger partial charge in [-0.05, 0) is 24.9 Å². The summed E-state index contributed by atoms with van der Waals surface area (Å²) in [6.07, 6.45) is 2.00. The molecular formula is C13H20N2O. The van der Waals surface area contributed by atoms with Gasteiger partial charge in [-0.2, -0.15) is 0 Å². The quantitative estimate of drug-likeness (QED) is 0.681. The molecule has 0 aliphatic rings. The predicted molar refractivity (Wildman–Crippen MR) is 66.3 cm³/mol. The Kier molecular flexibility index (Phi) is 6.26. The minimum atomic E-state index is 0.0786. The lowest BCUT2D eigenvalue weighted by atomic mass is 10.1. The molecule has 2 N–H and O–H groups in total. The predicted octanol–water partition coefficient (Wildman–Crippen LogP) is 1.34. The van der Waals surface area contributed by atoms with Gasteiger partial charge < -0.3 is 10.6 Å². The lowest BCUT2D eigenvalue weighted by Gasteiger charge is -2.05. The zero-order valence-corrected chi connectivity index (χ0v) is 9.83. The van der Waals surface area contributed by atoms with Crippen LogP contribution in [0, 0.1) is 0 Å². The summed E-state index contributed by atoms with van der Waals surface area (Å²) in [5.74, 6) is 0.0786. The molecule has 0 radical (unpaired) electrons. The van der Waals surface area contributed by atoms with Crippen LogP contribution in [0.2, 0.25) is 0 Å². The SMILES string of the molecule is CCNCC(=O)NCCCc1ccccc1. The van der Waals surface area contributed by atoms with Crippen LogP contribution in [-0.4, -0.2) is 25.5 Å². The van der Waals surface area contributed by atoms with Crippen molar-refractivity contribution in [2.75, 3.05) is 19.6 Å². The Morgan fingerprint density at radius 1 is 1.25 bits per heavy atom. The summed E-state index contributed by atoms with van der Waals surface area (Å²) in [6.45, 7) is 3.99. The van der Waals surface area contributed by atoms with Gasteiger partial charge in [0.1, 0.15) is 0 Å². The maximum atomic E-state index is 11.2. The van der Waals surface area contributed by atoms with Gasteiger partial charge in [-0.3, -0.25) is 4.79 Å². The largest absolute Gasteiger partial charge is 0.355 e. The number of amides is 1. The fraction of sp³-hybridized carbons (Fsp3) is 0.462. The van der Waals surface area contributed by atoms with Crippen LogP contribution in [0.5, 0.6) is 0 Å². The zero-order chi connectivity index (χ0) is 11.6. The molecular weight excluding hydrogens is 200 g/mol. The van der Waals surface area contributed by atoms with Crippen molar-refractivity contribution in [3.05, 3.63) is 35.9 Å². The summed E-state index contributed by atoms with van der Waals surface area (Å²) in [4.78, 5) is 11.2. The van der Waals surface area contributed by atoms with E-state index in [4.69, 9.17) is 0 Å². The lowest BCUT2D eigenvalue weighted by molar-refractivity contribution is -0.120. The molecule has 0 bridgehead atoms. The normalized spacial score (nSPS) is 10.1. The molecule has 0 aromatic heterocycles. The van der Waals surface area contributed by atoms with E-state index in [0.29, 0.717) is 6.54 Å². The second kappa shape index (κ2) is 7.88. The van der Waals surface area contributed by atoms with E-state index in [1.54, 1.807) is 0 Å². The number of hydrogen-bond acceptors (Lipinski definition) is 2. The molecule has 0 atom stereocenters. The molecule has 3 nitrogen and oxygen atoms in total. The molecule has 0 saturated carbocycles. The van der Waals surface area contributed by atoms with Crippen LogP contribution in [0.4, 0.5) is 0 Å². The fourth-order valence-corrected chi connectivity index (χ4v) is 1.47. The van der Waals surface area contributed by atoms with Gasteiger partial charge in [0.2, 0.25) is 5.91 Å². The van der Waals surface area contributed by atoms with Gasteiger partial charge in [-0.1, -0.05) is 37.3 Å². The van der Waals surface area contributed by atoms with Crippen molar-refractivity contribution in [3.8, 4) is 0 Å². The van der Waals surface area contributed by atoms with E-state index in [1.807, 2.05) is 25.1 Å². The first-order chi connectivity index (χ1) is 7.83. The Morgan fingerprint density at radius 3 is 2.69 bits per heavy atom. The fourth-order valence-electron chi connectivity index (χ4n) is 1.47. The Bertz CT molecular complexity index is 298.